The van der Waals surface area contributed by atoms with Gasteiger partial charge in [0.15, 0.2) is 0 Å². The van der Waals surface area contributed by atoms with Gasteiger partial charge in [0.05, 0.1) is 86.7 Å². The first-order valence-electron chi connectivity index (χ1n) is 26.2. The van der Waals surface area contributed by atoms with Crippen molar-refractivity contribution in [3.63, 3.8) is 0 Å². The van der Waals surface area contributed by atoms with E-state index in [1.807, 2.05) is 0 Å². The standard InChI is InChI=1S/C57H57F3N10O15/c1-3-45(71)68-43(15-18-48(74)85-26-25-83-22-21-81-19-20-82-23-24-84-32-47(73)67-42-12-6-11-40-49(42)55(80)70(54(40)79)44-16-17-46(72)69-53(44)78)52(77)64-36-9-5-10-37(28-36)66-56-61-30-39(31-62-56)65-51(76)41-29-38(14-13-33(41)2)63-50(75)34-7-4-8-35(27-34)57(58,59)60/h3-14,27-31,43-44H,1,15-26,32H2,2H3,(H,63,75)(H,64,77)(H,65,76)(H,67,73)(H,68,71)(H,61,62,66)(H,69,72,78). The Hall–Kier alpha value is -9.77. The quantitative estimate of drug-likeness (QED) is 0.0142. The van der Waals surface area contributed by atoms with Gasteiger partial charge >= 0.3 is 12.1 Å². The van der Waals surface area contributed by atoms with Crippen LogP contribution < -0.4 is 37.2 Å². The third-order valence-electron chi connectivity index (χ3n) is 12.5. The summed E-state index contributed by atoms with van der Waals surface area (Å²) in [6.07, 6.45) is -1.41. The molecule has 1 aromatic heterocycles. The highest BCUT2D eigenvalue weighted by Gasteiger charge is 2.46. The van der Waals surface area contributed by atoms with E-state index in [1.54, 1.807) is 37.3 Å². The lowest BCUT2D eigenvalue weighted by atomic mass is 10.0. The Labute approximate surface area is 482 Å². The van der Waals surface area contributed by atoms with Gasteiger partial charge in [0.2, 0.25) is 35.5 Å². The number of benzene rings is 4. The normalized spacial score (nSPS) is 14.1. The lowest BCUT2D eigenvalue weighted by Crippen LogP contribution is -2.54. The first kappa shape index (κ1) is 62.8. The minimum atomic E-state index is -4.64. The lowest BCUT2D eigenvalue weighted by Gasteiger charge is -2.27. The molecule has 7 N–H and O–H groups in total. The van der Waals surface area contributed by atoms with Crippen LogP contribution in [0, 0.1) is 6.92 Å². The fourth-order valence-corrected chi connectivity index (χ4v) is 8.35. The fraction of sp³-hybridized carbons (Fsp3) is 0.298. The molecule has 28 heteroatoms. The third-order valence-corrected chi connectivity index (χ3v) is 12.5. The molecule has 4 aromatic carbocycles. The molecule has 446 valence electrons. The summed E-state index contributed by atoms with van der Waals surface area (Å²) in [5, 5.41) is 18.1. The molecular formula is C57H57F3N10O15. The molecule has 2 aliphatic heterocycles. The van der Waals surface area contributed by atoms with Gasteiger partial charge in [-0.15, -0.1) is 0 Å². The number of fused-ring (bicyclic) bond motifs is 1. The first-order valence-corrected chi connectivity index (χ1v) is 26.2. The number of nitrogens with one attached hydrogen (secondary N) is 7. The maximum atomic E-state index is 13.4. The second-order valence-electron chi connectivity index (χ2n) is 18.6. The Balaban J connectivity index is 0.740. The number of hydrogen-bond donors (Lipinski definition) is 7. The number of carbonyl (C=O) groups is 10. The Morgan fingerprint density at radius 2 is 1.38 bits per heavy atom. The zero-order valence-corrected chi connectivity index (χ0v) is 45.5. The van der Waals surface area contributed by atoms with E-state index >= 15 is 0 Å². The van der Waals surface area contributed by atoms with E-state index in [0.717, 1.165) is 29.2 Å². The monoisotopic (exact) mass is 1180 g/mol. The minimum Gasteiger partial charge on any atom is -0.463 e. The molecule has 2 unspecified atom stereocenters. The van der Waals surface area contributed by atoms with Crippen molar-refractivity contribution in [3.8, 4) is 0 Å². The van der Waals surface area contributed by atoms with Crippen molar-refractivity contribution < 1.29 is 84.8 Å². The fourth-order valence-electron chi connectivity index (χ4n) is 8.35. The van der Waals surface area contributed by atoms with Crippen LogP contribution in [0.15, 0.2) is 110 Å². The predicted octanol–water partition coefficient (Wildman–Crippen LogP) is 5.09. The third kappa shape index (κ3) is 18.1. The topological polar surface area (TPSA) is 330 Å². The van der Waals surface area contributed by atoms with Crippen LogP contribution in [-0.4, -0.2) is 146 Å². The second kappa shape index (κ2) is 30.0. The van der Waals surface area contributed by atoms with Crippen molar-refractivity contribution in [1.82, 2.24) is 25.5 Å². The molecular weight excluding hydrogens is 1120 g/mol. The molecule has 1 saturated heterocycles. The minimum absolute atomic E-state index is 0.00887. The van der Waals surface area contributed by atoms with E-state index < -0.39 is 83.0 Å². The van der Waals surface area contributed by atoms with Gasteiger partial charge in [-0.2, -0.15) is 13.2 Å². The number of esters is 1. The molecule has 1 fully saturated rings. The number of aromatic nitrogens is 2. The number of rotatable bonds is 29. The Morgan fingerprint density at radius 3 is 2.07 bits per heavy atom. The average molecular weight is 1180 g/mol. The van der Waals surface area contributed by atoms with E-state index in [-0.39, 0.29) is 130 Å². The van der Waals surface area contributed by atoms with Gasteiger partial charge in [-0.25, -0.2) is 9.97 Å². The van der Waals surface area contributed by atoms with Gasteiger partial charge < -0.3 is 55.6 Å². The molecule has 2 aliphatic rings. The molecule has 5 aromatic rings. The zero-order valence-electron chi connectivity index (χ0n) is 45.5. The molecule has 0 saturated carbocycles. The predicted molar refractivity (Wildman–Crippen MR) is 296 cm³/mol. The maximum Gasteiger partial charge on any atom is 0.416 e. The molecule has 9 amide bonds. The maximum absolute atomic E-state index is 13.4. The van der Waals surface area contributed by atoms with Gasteiger partial charge in [-0.05, 0) is 92.1 Å². The van der Waals surface area contributed by atoms with E-state index in [4.69, 9.17) is 23.7 Å². The average Bonchev–Trinajstić information content (AvgIpc) is 2.00. The second-order valence-corrected chi connectivity index (χ2v) is 18.6. The number of amides is 9. The smallest absolute Gasteiger partial charge is 0.416 e. The van der Waals surface area contributed by atoms with E-state index in [0.29, 0.717) is 16.9 Å². The highest BCUT2D eigenvalue weighted by atomic mass is 19.4. The zero-order chi connectivity index (χ0) is 61.0. The van der Waals surface area contributed by atoms with Crippen LogP contribution in [-0.2, 0) is 58.6 Å². The molecule has 0 bridgehead atoms. The van der Waals surface area contributed by atoms with Gasteiger partial charge in [-0.1, -0.05) is 30.8 Å². The summed E-state index contributed by atoms with van der Waals surface area (Å²) in [5.74, 6) is -6.54. The van der Waals surface area contributed by atoms with Crippen molar-refractivity contribution in [1.29, 1.82) is 0 Å². The van der Waals surface area contributed by atoms with Crippen LogP contribution in [0.2, 0.25) is 0 Å². The number of hydrogen-bond acceptors (Lipinski definition) is 18. The molecule has 7 rings (SSSR count). The van der Waals surface area contributed by atoms with Crippen LogP contribution in [0.25, 0.3) is 0 Å². The summed E-state index contributed by atoms with van der Waals surface area (Å²) < 4.78 is 66.5. The highest BCUT2D eigenvalue weighted by molar-refractivity contribution is 6.26. The summed E-state index contributed by atoms with van der Waals surface area (Å²) >= 11 is 0. The molecule has 0 spiro atoms. The van der Waals surface area contributed by atoms with Crippen molar-refractivity contribution in [2.24, 2.45) is 0 Å². The van der Waals surface area contributed by atoms with Crippen molar-refractivity contribution in [2.45, 2.75) is 50.9 Å². The first-order chi connectivity index (χ1) is 40.8. The summed E-state index contributed by atoms with van der Waals surface area (Å²) in [4.78, 5) is 136. The number of carbonyl (C=O) groups excluding carboxylic acids is 10. The number of imide groups is 2. The van der Waals surface area contributed by atoms with Gasteiger partial charge in [0, 0.05) is 41.0 Å². The molecule has 85 heavy (non-hydrogen) atoms. The number of piperidine rings is 1. The van der Waals surface area contributed by atoms with Crippen molar-refractivity contribution >= 4 is 93.5 Å². The summed E-state index contributed by atoms with van der Waals surface area (Å²) in [7, 11) is 0. The molecule has 25 nitrogen and oxygen atoms in total. The summed E-state index contributed by atoms with van der Waals surface area (Å²) in [6, 6.07) is 16.8. The Bertz CT molecular complexity index is 3350. The summed E-state index contributed by atoms with van der Waals surface area (Å²) in [6.45, 7) is 5.61. The molecule has 0 aliphatic carbocycles. The summed E-state index contributed by atoms with van der Waals surface area (Å²) in [5.41, 5.74) is 0.640. The lowest BCUT2D eigenvalue weighted by molar-refractivity contribution is -0.146. The van der Waals surface area contributed by atoms with Gasteiger partial charge in [0.25, 0.3) is 23.6 Å². The van der Waals surface area contributed by atoms with Gasteiger partial charge in [-0.3, -0.25) is 58.2 Å². The Morgan fingerprint density at radius 1 is 0.729 bits per heavy atom. The molecule has 0 radical (unpaired) electrons. The number of halogens is 3. The van der Waals surface area contributed by atoms with E-state index in [2.05, 4.69) is 53.8 Å². The number of anilines is 6. The van der Waals surface area contributed by atoms with E-state index in [9.17, 15) is 61.1 Å². The van der Waals surface area contributed by atoms with Crippen LogP contribution in [0.5, 0.6) is 0 Å². The number of nitrogens with zero attached hydrogens (tertiary/aromatic N) is 3. The van der Waals surface area contributed by atoms with E-state index in [1.165, 1.54) is 48.8 Å². The van der Waals surface area contributed by atoms with Crippen molar-refractivity contribution in [3.05, 3.63) is 143 Å². The largest absolute Gasteiger partial charge is 0.463 e. The Kier molecular flexibility index (Phi) is 22.2. The van der Waals surface area contributed by atoms with Crippen LogP contribution in [0.4, 0.5) is 47.6 Å². The SMILES string of the molecule is C=CC(=O)NC(CCC(=O)OCCOCCOCCOCCOCC(=O)Nc1cccc2c1C(=O)N(C1CCC(=O)NC1=O)C2=O)C(=O)Nc1cccc(Nc2ncc(NC(=O)c3cc(NC(=O)c4cccc(C(F)(F)F)c4)ccc3C)cn2)c1. The number of aryl methyl sites for hydroxylation is 1. The van der Waals surface area contributed by atoms with Crippen LogP contribution in [0.3, 0.4) is 0 Å². The highest BCUT2D eigenvalue weighted by Crippen LogP contribution is 2.33. The molecule has 3 heterocycles. The van der Waals surface area contributed by atoms with Crippen molar-refractivity contribution in [2.75, 3.05) is 86.0 Å². The number of ether oxygens (including phenoxy) is 5. The van der Waals surface area contributed by atoms with Crippen LogP contribution >= 0.6 is 0 Å². The molecule has 2 atom stereocenters. The van der Waals surface area contributed by atoms with Gasteiger partial charge in [0.1, 0.15) is 25.3 Å². The number of alkyl halides is 3. The van der Waals surface area contributed by atoms with Crippen LogP contribution in [0.1, 0.15) is 78.2 Å².